The Labute approximate surface area is 104 Å². The zero-order valence-corrected chi connectivity index (χ0v) is 10.8. The van der Waals surface area contributed by atoms with Crippen molar-refractivity contribution in [3.8, 4) is 5.75 Å². The third-order valence-electron chi connectivity index (χ3n) is 2.85. The number of aromatic hydroxyl groups is 1. The molecule has 1 aromatic rings. The van der Waals surface area contributed by atoms with Crippen LogP contribution in [0.5, 0.6) is 5.75 Å². The van der Waals surface area contributed by atoms with Crippen LogP contribution in [-0.2, 0) is 4.74 Å². The number of benzene rings is 1. The summed E-state index contributed by atoms with van der Waals surface area (Å²) in [5.41, 5.74) is 0.948. The van der Waals surface area contributed by atoms with Crippen LogP contribution in [0.3, 0.4) is 0 Å². The van der Waals surface area contributed by atoms with Crippen molar-refractivity contribution in [2.45, 2.75) is 25.4 Å². The first-order valence-corrected chi connectivity index (χ1v) is 6.32. The molecule has 2 N–H and O–H groups in total. The summed E-state index contributed by atoms with van der Waals surface area (Å²) in [6, 6.07) is 6.14. The fraction of sp³-hybridized carbons (Fsp3) is 0.500. The normalized spacial score (nSPS) is 18.1. The number of phenols is 1. The van der Waals surface area contributed by atoms with E-state index in [1.165, 1.54) is 0 Å². The predicted molar refractivity (Wildman–Crippen MR) is 66.6 cm³/mol. The van der Waals surface area contributed by atoms with Crippen molar-refractivity contribution < 1.29 is 9.84 Å². The Balaban J connectivity index is 2.14. The summed E-state index contributed by atoms with van der Waals surface area (Å²) in [5.74, 6) is 0.350. The van der Waals surface area contributed by atoms with Crippen LogP contribution in [0, 0.1) is 0 Å². The van der Waals surface area contributed by atoms with Gasteiger partial charge in [0.1, 0.15) is 5.75 Å². The summed E-state index contributed by atoms with van der Waals surface area (Å²) in [6.45, 7) is 3.65. The van der Waals surface area contributed by atoms with Gasteiger partial charge < -0.3 is 15.2 Å². The van der Waals surface area contributed by atoms with Crippen LogP contribution in [0.4, 0.5) is 0 Å². The van der Waals surface area contributed by atoms with Crippen LogP contribution >= 0.6 is 15.9 Å². The topological polar surface area (TPSA) is 41.5 Å². The van der Waals surface area contributed by atoms with Crippen LogP contribution in [-0.4, -0.2) is 24.4 Å². The van der Waals surface area contributed by atoms with Gasteiger partial charge in [-0.3, -0.25) is 0 Å². The van der Waals surface area contributed by atoms with E-state index in [4.69, 9.17) is 4.74 Å². The molecule has 3 nitrogen and oxygen atoms in total. The van der Waals surface area contributed by atoms with E-state index < -0.39 is 0 Å². The van der Waals surface area contributed by atoms with Crippen LogP contribution in [0.15, 0.2) is 22.7 Å². The van der Waals surface area contributed by atoms with Gasteiger partial charge in [-0.2, -0.15) is 0 Å². The van der Waals surface area contributed by atoms with Gasteiger partial charge in [0, 0.05) is 16.1 Å². The van der Waals surface area contributed by atoms with E-state index in [1.807, 2.05) is 12.1 Å². The second-order valence-electron chi connectivity index (χ2n) is 4.07. The van der Waals surface area contributed by atoms with Gasteiger partial charge >= 0.3 is 0 Å². The lowest BCUT2D eigenvalue weighted by Gasteiger charge is -2.31. The number of hydrogen-bond donors (Lipinski definition) is 2. The van der Waals surface area contributed by atoms with E-state index in [-0.39, 0.29) is 6.04 Å². The molecule has 1 unspecified atom stereocenters. The van der Waals surface area contributed by atoms with E-state index in [0.29, 0.717) is 11.8 Å². The van der Waals surface area contributed by atoms with E-state index in [1.54, 1.807) is 6.07 Å². The minimum absolute atomic E-state index is 0.186. The van der Waals surface area contributed by atoms with Crippen LogP contribution < -0.4 is 5.32 Å². The SMILES string of the molecule is CCC(NC1COC1)c1cc(Br)ccc1O. The lowest BCUT2D eigenvalue weighted by Crippen LogP contribution is -2.47. The summed E-state index contributed by atoms with van der Waals surface area (Å²) in [4.78, 5) is 0. The number of phenolic OH excluding ortho intramolecular Hbond substituents is 1. The highest BCUT2D eigenvalue weighted by Gasteiger charge is 2.23. The Morgan fingerprint density at radius 3 is 2.88 bits per heavy atom. The summed E-state index contributed by atoms with van der Waals surface area (Å²) in [5, 5.41) is 13.3. The molecule has 1 atom stereocenters. The molecule has 0 spiro atoms. The average Bonchev–Trinajstić information content (AvgIpc) is 2.21. The monoisotopic (exact) mass is 285 g/mol. The molecule has 0 aliphatic carbocycles. The molecule has 2 rings (SSSR count). The lowest BCUT2D eigenvalue weighted by molar-refractivity contribution is -0.0104. The Hall–Kier alpha value is -0.580. The van der Waals surface area contributed by atoms with Gasteiger partial charge in [0.05, 0.1) is 19.3 Å². The van der Waals surface area contributed by atoms with Crippen molar-refractivity contribution in [1.29, 1.82) is 0 Å². The molecule has 0 radical (unpaired) electrons. The summed E-state index contributed by atoms with van der Waals surface area (Å²) < 4.78 is 6.13. The van der Waals surface area contributed by atoms with E-state index in [9.17, 15) is 5.11 Å². The Kier molecular flexibility index (Phi) is 3.84. The summed E-state index contributed by atoms with van der Waals surface area (Å²) >= 11 is 3.43. The zero-order chi connectivity index (χ0) is 11.5. The molecule has 0 aromatic heterocycles. The molecule has 0 saturated carbocycles. The first-order valence-electron chi connectivity index (χ1n) is 5.53. The van der Waals surface area contributed by atoms with Crippen LogP contribution in [0.25, 0.3) is 0 Å². The number of ether oxygens (including phenoxy) is 1. The predicted octanol–water partition coefficient (Wildman–Crippen LogP) is 2.59. The fourth-order valence-corrected chi connectivity index (χ4v) is 2.23. The minimum atomic E-state index is 0.186. The second-order valence-corrected chi connectivity index (χ2v) is 4.98. The Bertz CT molecular complexity index is 366. The molecule has 0 bridgehead atoms. The van der Waals surface area contributed by atoms with Gasteiger partial charge in [-0.1, -0.05) is 22.9 Å². The van der Waals surface area contributed by atoms with Crippen molar-refractivity contribution >= 4 is 15.9 Å². The smallest absolute Gasteiger partial charge is 0.120 e. The maximum atomic E-state index is 9.85. The highest BCUT2D eigenvalue weighted by Crippen LogP contribution is 2.30. The molecule has 88 valence electrons. The van der Waals surface area contributed by atoms with Crippen molar-refractivity contribution in [1.82, 2.24) is 5.32 Å². The van der Waals surface area contributed by atoms with E-state index in [2.05, 4.69) is 28.2 Å². The highest BCUT2D eigenvalue weighted by atomic mass is 79.9. The Morgan fingerprint density at radius 1 is 1.56 bits per heavy atom. The minimum Gasteiger partial charge on any atom is -0.508 e. The molecule has 16 heavy (non-hydrogen) atoms. The van der Waals surface area contributed by atoms with Crippen molar-refractivity contribution in [3.63, 3.8) is 0 Å². The molecule has 1 fully saturated rings. The number of halogens is 1. The quantitative estimate of drug-likeness (QED) is 0.894. The summed E-state index contributed by atoms with van der Waals surface area (Å²) in [7, 11) is 0. The van der Waals surface area contributed by atoms with Crippen molar-refractivity contribution in [2.24, 2.45) is 0 Å². The maximum absolute atomic E-state index is 9.85. The van der Waals surface area contributed by atoms with Gasteiger partial charge in [0.2, 0.25) is 0 Å². The number of nitrogens with one attached hydrogen (secondary N) is 1. The highest BCUT2D eigenvalue weighted by molar-refractivity contribution is 9.10. The molecule has 1 aromatic carbocycles. The van der Waals surface area contributed by atoms with Crippen molar-refractivity contribution in [3.05, 3.63) is 28.2 Å². The molecular weight excluding hydrogens is 270 g/mol. The van der Waals surface area contributed by atoms with Gasteiger partial charge in [0.15, 0.2) is 0 Å². The molecule has 4 heteroatoms. The lowest BCUT2D eigenvalue weighted by atomic mass is 10.0. The zero-order valence-electron chi connectivity index (χ0n) is 9.24. The molecule has 1 heterocycles. The molecule has 1 saturated heterocycles. The van der Waals surface area contributed by atoms with Gasteiger partial charge in [-0.25, -0.2) is 0 Å². The molecular formula is C12H16BrNO2. The molecule has 0 amide bonds. The van der Waals surface area contributed by atoms with Crippen LogP contribution in [0.2, 0.25) is 0 Å². The van der Waals surface area contributed by atoms with Crippen molar-refractivity contribution in [2.75, 3.05) is 13.2 Å². The molecule has 1 aliphatic rings. The largest absolute Gasteiger partial charge is 0.508 e. The third-order valence-corrected chi connectivity index (χ3v) is 3.34. The van der Waals surface area contributed by atoms with E-state index in [0.717, 1.165) is 29.7 Å². The summed E-state index contributed by atoms with van der Waals surface area (Å²) in [6.07, 6.45) is 0.945. The number of rotatable bonds is 4. The van der Waals surface area contributed by atoms with Crippen LogP contribution in [0.1, 0.15) is 24.9 Å². The maximum Gasteiger partial charge on any atom is 0.120 e. The average molecular weight is 286 g/mol. The van der Waals surface area contributed by atoms with E-state index >= 15 is 0 Å². The first kappa shape index (κ1) is 11.9. The molecule has 1 aliphatic heterocycles. The standard InChI is InChI=1S/C12H16BrNO2/c1-2-11(14-9-6-16-7-9)10-5-8(13)3-4-12(10)15/h3-5,9,11,14-15H,2,6-7H2,1H3. The third kappa shape index (κ3) is 2.56. The Morgan fingerprint density at radius 2 is 2.31 bits per heavy atom. The number of hydrogen-bond acceptors (Lipinski definition) is 3. The fourth-order valence-electron chi connectivity index (χ4n) is 1.85. The van der Waals surface area contributed by atoms with Gasteiger partial charge in [-0.05, 0) is 24.6 Å². The first-order chi connectivity index (χ1) is 7.70. The van der Waals surface area contributed by atoms with Gasteiger partial charge in [-0.15, -0.1) is 0 Å². The van der Waals surface area contributed by atoms with Gasteiger partial charge in [0.25, 0.3) is 0 Å². The second kappa shape index (κ2) is 5.17.